The van der Waals surface area contributed by atoms with Gasteiger partial charge in [0.05, 0.1) is 6.61 Å². The summed E-state index contributed by atoms with van der Waals surface area (Å²) in [5.41, 5.74) is 0. The van der Waals surface area contributed by atoms with E-state index in [1.807, 2.05) is 0 Å². The van der Waals surface area contributed by atoms with Gasteiger partial charge in [0.1, 0.15) is 6.61 Å². The van der Waals surface area contributed by atoms with Gasteiger partial charge in [-0.05, 0) is 70.6 Å². The average molecular weight is 755 g/mol. The summed E-state index contributed by atoms with van der Waals surface area (Å²) in [6, 6.07) is 0. The first-order chi connectivity index (χ1) is 25.3. The van der Waals surface area contributed by atoms with Crippen molar-refractivity contribution in [2.75, 3.05) is 13.2 Å². The molecule has 0 spiro atoms. The van der Waals surface area contributed by atoms with Gasteiger partial charge in [0.2, 0.25) is 0 Å². The van der Waals surface area contributed by atoms with Crippen LogP contribution >= 0.6 is 7.82 Å². The largest absolute Gasteiger partial charge is 0.469 e. The highest BCUT2D eigenvalue weighted by Crippen LogP contribution is 2.36. The zero-order chi connectivity index (χ0) is 38.2. The molecule has 0 unspecified atom stereocenters. The Morgan fingerprint density at radius 2 is 0.865 bits per heavy atom. The second-order valence-corrected chi connectivity index (χ2v) is 15.5. The number of rotatable bonds is 39. The van der Waals surface area contributed by atoms with E-state index in [0.717, 1.165) is 64.2 Å². The minimum absolute atomic E-state index is 0.192. The van der Waals surface area contributed by atoms with Crippen molar-refractivity contribution in [2.24, 2.45) is 0 Å². The van der Waals surface area contributed by atoms with Crippen LogP contribution in [0.5, 0.6) is 0 Å². The second kappa shape index (κ2) is 39.0. The van der Waals surface area contributed by atoms with Crippen molar-refractivity contribution in [2.45, 2.75) is 213 Å². The number of hydrogen-bond acceptors (Lipinski definition) is 6. The van der Waals surface area contributed by atoms with Crippen molar-refractivity contribution >= 4 is 19.8 Å². The minimum atomic E-state index is -4.76. The molecular formula is C43H79O8P. The lowest BCUT2D eigenvalue weighted by molar-refractivity contribution is -0.161. The summed E-state index contributed by atoms with van der Waals surface area (Å²) in [5.74, 6) is -0.904. The number of carbonyl (C=O) groups excluding carboxylic acids is 2. The van der Waals surface area contributed by atoms with Crippen molar-refractivity contribution in [3.05, 3.63) is 36.5 Å². The summed E-state index contributed by atoms with van der Waals surface area (Å²) in [4.78, 5) is 42.8. The maximum Gasteiger partial charge on any atom is 0.469 e. The van der Waals surface area contributed by atoms with Crippen molar-refractivity contribution < 1.29 is 37.9 Å². The molecule has 0 aliphatic carbocycles. The summed E-state index contributed by atoms with van der Waals surface area (Å²) in [6.45, 7) is 3.65. The molecule has 9 heteroatoms. The number of allylic oxidation sites excluding steroid dienone is 6. The first-order valence-corrected chi connectivity index (χ1v) is 22.8. The fourth-order valence-corrected chi connectivity index (χ4v) is 6.29. The molecular weight excluding hydrogens is 675 g/mol. The van der Waals surface area contributed by atoms with Gasteiger partial charge in [-0.15, -0.1) is 0 Å². The van der Waals surface area contributed by atoms with E-state index in [1.165, 1.54) is 109 Å². The molecule has 0 radical (unpaired) electrons. The summed E-state index contributed by atoms with van der Waals surface area (Å²) >= 11 is 0. The number of unbranched alkanes of at least 4 members (excludes halogenated alkanes) is 23. The van der Waals surface area contributed by atoms with Crippen LogP contribution in [-0.2, 0) is 28.2 Å². The van der Waals surface area contributed by atoms with Crippen molar-refractivity contribution in [1.82, 2.24) is 0 Å². The van der Waals surface area contributed by atoms with E-state index in [4.69, 9.17) is 19.3 Å². The SMILES string of the molecule is CCCCC/C=C/C/C=C/CCCCCCCCCCCC(=O)OC[C@H](COP(=O)(O)O)OC(=O)CCCCC/C=C/CCCCCCCCCC. The van der Waals surface area contributed by atoms with E-state index in [-0.39, 0.29) is 19.4 Å². The summed E-state index contributed by atoms with van der Waals surface area (Å²) < 4.78 is 26.4. The van der Waals surface area contributed by atoms with Crippen LogP contribution < -0.4 is 0 Å². The van der Waals surface area contributed by atoms with Gasteiger partial charge >= 0.3 is 19.8 Å². The predicted octanol–water partition coefficient (Wildman–Crippen LogP) is 13.0. The Balaban J connectivity index is 3.92. The molecule has 0 rings (SSSR count). The zero-order valence-electron chi connectivity index (χ0n) is 33.5. The van der Waals surface area contributed by atoms with Crippen LogP contribution in [0.15, 0.2) is 36.5 Å². The molecule has 0 bridgehead atoms. The Bertz CT molecular complexity index is 941. The molecule has 0 amide bonds. The number of phosphoric acid groups is 1. The fourth-order valence-electron chi connectivity index (χ4n) is 5.93. The third kappa shape index (κ3) is 41.0. The van der Waals surface area contributed by atoms with Crippen LogP contribution in [0.25, 0.3) is 0 Å². The number of carbonyl (C=O) groups is 2. The Morgan fingerprint density at radius 1 is 0.500 bits per heavy atom. The van der Waals surface area contributed by atoms with Crippen molar-refractivity contribution in [1.29, 1.82) is 0 Å². The number of ether oxygens (including phenoxy) is 2. The van der Waals surface area contributed by atoms with Gasteiger partial charge in [-0.1, -0.05) is 159 Å². The van der Waals surface area contributed by atoms with Crippen LogP contribution in [0.4, 0.5) is 0 Å². The van der Waals surface area contributed by atoms with Gasteiger partial charge in [0, 0.05) is 12.8 Å². The van der Waals surface area contributed by atoms with E-state index in [0.29, 0.717) is 6.42 Å². The third-order valence-electron chi connectivity index (χ3n) is 9.13. The molecule has 2 N–H and O–H groups in total. The van der Waals surface area contributed by atoms with E-state index in [1.54, 1.807) is 0 Å². The number of esters is 2. The van der Waals surface area contributed by atoms with Gasteiger partial charge < -0.3 is 19.3 Å². The fraction of sp³-hybridized carbons (Fsp3) is 0.814. The number of hydrogen-bond donors (Lipinski definition) is 2. The lowest BCUT2D eigenvalue weighted by atomic mass is 10.1. The molecule has 0 heterocycles. The average Bonchev–Trinajstić information content (AvgIpc) is 3.11. The van der Waals surface area contributed by atoms with E-state index in [9.17, 15) is 14.2 Å². The molecule has 52 heavy (non-hydrogen) atoms. The molecule has 0 aliphatic rings. The Labute approximate surface area is 319 Å². The van der Waals surface area contributed by atoms with Crippen LogP contribution in [0.1, 0.15) is 206 Å². The highest BCUT2D eigenvalue weighted by atomic mass is 31.2. The minimum Gasteiger partial charge on any atom is -0.462 e. The molecule has 8 nitrogen and oxygen atoms in total. The quantitative estimate of drug-likeness (QED) is 0.0275. The summed E-state index contributed by atoms with van der Waals surface area (Å²) in [5, 5.41) is 0. The van der Waals surface area contributed by atoms with Crippen LogP contribution in [0, 0.1) is 0 Å². The first-order valence-electron chi connectivity index (χ1n) is 21.3. The zero-order valence-corrected chi connectivity index (χ0v) is 34.4. The Hall–Kier alpha value is -1.73. The number of phosphoric ester groups is 1. The van der Waals surface area contributed by atoms with E-state index < -0.39 is 32.5 Å². The molecule has 0 aromatic heterocycles. The summed E-state index contributed by atoms with van der Waals surface area (Å²) in [6.07, 6.45) is 45.8. The highest BCUT2D eigenvalue weighted by Gasteiger charge is 2.22. The van der Waals surface area contributed by atoms with Gasteiger partial charge in [-0.25, -0.2) is 4.57 Å². The van der Waals surface area contributed by atoms with Gasteiger partial charge in [-0.2, -0.15) is 0 Å². The predicted molar refractivity (Wildman–Crippen MR) is 216 cm³/mol. The van der Waals surface area contributed by atoms with Crippen LogP contribution in [-0.4, -0.2) is 41.0 Å². The van der Waals surface area contributed by atoms with Gasteiger partial charge in [-0.3, -0.25) is 14.1 Å². The molecule has 304 valence electrons. The topological polar surface area (TPSA) is 119 Å². The molecule has 1 atom stereocenters. The Morgan fingerprint density at radius 3 is 1.35 bits per heavy atom. The first kappa shape index (κ1) is 50.3. The monoisotopic (exact) mass is 755 g/mol. The highest BCUT2D eigenvalue weighted by molar-refractivity contribution is 7.46. The lowest BCUT2D eigenvalue weighted by Gasteiger charge is -2.18. The maximum atomic E-state index is 12.4. The molecule has 0 fully saturated rings. The smallest absolute Gasteiger partial charge is 0.462 e. The maximum absolute atomic E-state index is 12.4. The normalized spacial score (nSPS) is 12.8. The standard InChI is InChI=1S/C43H79O8P/c1-3-5-7-9-11-13-15-17-19-20-21-22-24-25-27-29-31-33-35-37-42(44)49-39-41(40-50-52(46,47)48)51-43(45)38-36-34-32-30-28-26-23-18-16-14-12-10-8-6-4-2/h11,13,17,19,26,28,41H,3-10,12,14-16,18,20-25,27,29-40H2,1-2H3,(H2,46,47,48)/b13-11+,19-17+,28-26+/t41-/m1/s1. The van der Waals surface area contributed by atoms with Crippen molar-refractivity contribution in [3.8, 4) is 0 Å². The molecule has 0 aliphatic heterocycles. The van der Waals surface area contributed by atoms with E-state index in [2.05, 4.69) is 54.8 Å². The van der Waals surface area contributed by atoms with Gasteiger partial charge in [0.25, 0.3) is 0 Å². The van der Waals surface area contributed by atoms with Crippen molar-refractivity contribution in [3.63, 3.8) is 0 Å². The molecule has 0 saturated heterocycles. The third-order valence-corrected chi connectivity index (χ3v) is 9.62. The second-order valence-electron chi connectivity index (χ2n) is 14.3. The lowest BCUT2D eigenvalue weighted by Crippen LogP contribution is -2.29. The Kier molecular flexibility index (Phi) is 37.7. The molecule has 0 aromatic rings. The van der Waals surface area contributed by atoms with Crippen LogP contribution in [0.3, 0.4) is 0 Å². The van der Waals surface area contributed by atoms with Gasteiger partial charge in [0.15, 0.2) is 6.10 Å². The van der Waals surface area contributed by atoms with Crippen LogP contribution in [0.2, 0.25) is 0 Å². The molecule has 0 aromatic carbocycles. The summed E-state index contributed by atoms with van der Waals surface area (Å²) in [7, 11) is -4.76. The molecule has 0 saturated carbocycles. The van der Waals surface area contributed by atoms with E-state index >= 15 is 0 Å².